The first kappa shape index (κ1) is 14.0. The van der Waals surface area contributed by atoms with Crippen LogP contribution in [0, 0.1) is 0 Å². The number of hydrogen-bond acceptors (Lipinski definition) is 4. The van der Waals surface area contributed by atoms with Crippen molar-refractivity contribution < 1.29 is 14.3 Å². The molecule has 4 rings (SSSR count). The van der Waals surface area contributed by atoms with E-state index >= 15 is 0 Å². The molecule has 2 saturated heterocycles. The normalized spacial score (nSPS) is 33.3. The lowest BCUT2D eigenvalue weighted by Gasteiger charge is -2.47. The summed E-state index contributed by atoms with van der Waals surface area (Å²) in [5.74, 6) is 0.510. The van der Waals surface area contributed by atoms with Crippen molar-refractivity contribution in [3.63, 3.8) is 0 Å². The van der Waals surface area contributed by atoms with Crippen molar-refractivity contribution in [1.82, 2.24) is 10.6 Å². The van der Waals surface area contributed by atoms with Crippen molar-refractivity contribution >= 4 is 36.5 Å². The average Bonchev–Trinajstić information content (AvgIpc) is 2.75. The maximum absolute atomic E-state index is 12.7. The number of hydrogen-bond donors (Lipinski definition) is 2. The Morgan fingerprint density at radius 1 is 1.36 bits per heavy atom. The van der Waals surface area contributed by atoms with Crippen LogP contribution in [0.1, 0.15) is 24.8 Å². The van der Waals surface area contributed by atoms with E-state index in [1.807, 2.05) is 6.07 Å². The Kier molecular flexibility index (Phi) is 3.00. The van der Waals surface area contributed by atoms with E-state index in [9.17, 15) is 4.79 Å². The lowest BCUT2D eigenvalue weighted by molar-refractivity contribution is -0.134. The van der Waals surface area contributed by atoms with E-state index in [1.54, 1.807) is 12.1 Å². The Bertz CT molecular complexity index is 675. The summed E-state index contributed by atoms with van der Waals surface area (Å²) < 4.78 is 11.9. The van der Waals surface area contributed by atoms with Gasteiger partial charge in [0.25, 0.3) is 5.91 Å². The monoisotopic (exact) mass is 314 g/mol. The molecule has 3 aliphatic rings. The van der Waals surface area contributed by atoms with Crippen LogP contribution in [0.4, 0.5) is 0 Å². The first-order valence-corrected chi connectivity index (χ1v) is 7.74. The highest BCUT2D eigenvalue weighted by atomic mass is 32.1. The molecule has 2 N–H and O–H groups in total. The Morgan fingerprint density at radius 2 is 2.23 bits per heavy atom. The van der Waals surface area contributed by atoms with Gasteiger partial charge in [-0.3, -0.25) is 4.79 Å². The topological polar surface area (TPSA) is 59.6 Å². The lowest BCUT2D eigenvalue weighted by Crippen LogP contribution is -2.58. The fraction of sp³-hybridized carbons (Fsp3) is 0.467. The maximum atomic E-state index is 12.7. The maximum Gasteiger partial charge on any atom is 0.256 e. The number of carbonyl (C=O) groups excluding carboxylic acids is 1. The van der Waals surface area contributed by atoms with Gasteiger partial charge >= 0.3 is 0 Å². The Balaban J connectivity index is 1.87. The van der Waals surface area contributed by atoms with E-state index < -0.39 is 11.1 Å². The molecule has 2 atom stereocenters. The molecule has 0 aliphatic carbocycles. The molecule has 1 amide bonds. The molecule has 5 nitrogen and oxygen atoms in total. The zero-order chi connectivity index (χ0) is 15.4. The van der Waals surface area contributed by atoms with Gasteiger partial charge in [0, 0.05) is 18.6 Å². The second-order valence-electron chi connectivity index (χ2n) is 6.19. The van der Waals surface area contributed by atoms with Gasteiger partial charge in [-0.25, -0.2) is 0 Å². The van der Waals surface area contributed by atoms with E-state index in [0.29, 0.717) is 29.4 Å². The zero-order valence-electron chi connectivity index (χ0n) is 12.0. The first-order chi connectivity index (χ1) is 10.5. The Labute approximate surface area is 135 Å². The zero-order valence-corrected chi connectivity index (χ0v) is 12.8. The lowest BCUT2D eigenvalue weighted by atomic mass is 9.73. The van der Waals surface area contributed by atoms with Gasteiger partial charge in [0.05, 0.1) is 6.61 Å². The van der Waals surface area contributed by atoms with Gasteiger partial charge in [-0.1, -0.05) is 17.6 Å². The van der Waals surface area contributed by atoms with Gasteiger partial charge in [0.1, 0.15) is 19.2 Å². The van der Waals surface area contributed by atoms with Crippen LogP contribution in [-0.4, -0.2) is 37.7 Å². The number of benzene rings is 1. The molecular formula is C15H15BN2O3S. The minimum Gasteiger partial charge on any atom is -0.484 e. The summed E-state index contributed by atoms with van der Waals surface area (Å²) >= 11 is 5.15. The summed E-state index contributed by atoms with van der Waals surface area (Å²) in [5.41, 5.74) is -0.113. The molecule has 7 heteroatoms. The van der Waals surface area contributed by atoms with Gasteiger partial charge in [0.2, 0.25) is 0 Å². The predicted octanol–water partition coefficient (Wildman–Crippen LogP) is 0.0117. The van der Waals surface area contributed by atoms with E-state index in [-0.39, 0.29) is 5.91 Å². The van der Waals surface area contributed by atoms with Gasteiger partial charge in [-0.05, 0) is 31.1 Å². The number of fused-ring (bicyclic) bond motifs is 2. The van der Waals surface area contributed by atoms with Crippen molar-refractivity contribution in [2.45, 2.75) is 30.4 Å². The minimum absolute atomic E-state index is 0.155. The van der Waals surface area contributed by atoms with Gasteiger partial charge in [-0.15, -0.1) is 0 Å². The number of carbonyl (C=O) groups is 1. The highest BCUT2D eigenvalue weighted by Crippen LogP contribution is 2.47. The van der Waals surface area contributed by atoms with Crippen LogP contribution in [0.3, 0.4) is 0 Å². The standard InChI is InChI=1S/C15H15BN2O3S/c16-9-2-3-11-10(6-9)15(12(19)17-13(22)18-15)7-14(21-11)4-1-5-20-8-14/h2-3,6H,1,4-5,7-8H2,(H2,17,18,19,22). The molecule has 1 aromatic rings. The van der Waals surface area contributed by atoms with E-state index in [4.69, 9.17) is 29.5 Å². The number of rotatable bonds is 0. The average molecular weight is 314 g/mol. The van der Waals surface area contributed by atoms with Gasteiger partial charge in [-0.2, -0.15) is 0 Å². The van der Waals surface area contributed by atoms with Gasteiger partial charge in [0.15, 0.2) is 10.7 Å². The largest absolute Gasteiger partial charge is 0.484 e. The number of thiocarbonyl (C=S) groups is 1. The second-order valence-corrected chi connectivity index (χ2v) is 6.60. The van der Waals surface area contributed by atoms with Crippen molar-refractivity contribution in [1.29, 1.82) is 0 Å². The smallest absolute Gasteiger partial charge is 0.256 e. The molecule has 22 heavy (non-hydrogen) atoms. The third kappa shape index (κ3) is 1.95. The predicted molar refractivity (Wildman–Crippen MR) is 85.4 cm³/mol. The molecule has 2 fully saturated rings. The summed E-state index contributed by atoms with van der Waals surface area (Å²) in [7, 11) is 5.91. The Hall–Kier alpha value is -1.60. The molecule has 2 spiro atoms. The molecule has 2 radical (unpaired) electrons. The van der Waals surface area contributed by atoms with E-state index in [2.05, 4.69) is 10.6 Å². The molecule has 112 valence electrons. The molecule has 0 aromatic heterocycles. The second kappa shape index (κ2) is 4.70. The molecule has 0 saturated carbocycles. The van der Waals surface area contributed by atoms with Crippen molar-refractivity contribution in [3.05, 3.63) is 23.8 Å². The summed E-state index contributed by atoms with van der Waals surface area (Å²) in [6.07, 6.45) is 2.23. The fourth-order valence-corrected chi connectivity index (χ4v) is 3.94. The van der Waals surface area contributed by atoms with Crippen LogP contribution in [-0.2, 0) is 15.1 Å². The van der Waals surface area contributed by atoms with Crippen LogP contribution < -0.4 is 20.8 Å². The van der Waals surface area contributed by atoms with Crippen LogP contribution in [0.15, 0.2) is 18.2 Å². The van der Waals surface area contributed by atoms with Crippen LogP contribution >= 0.6 is 12.2 Å². The molecule has 2 unspecified atom stereocenters. The highest BCUT2D eigenvalue weighted by Gasteiger charge is 2.57. The minimum atomic E-state index is -0.930. The molecule has 3 aliphatic heterocycles. The van der Waals surface area contributed by atoms with Crippen LogP contribution in [0.2, 0.25) is 0 Å². The molecular weight excluding hydrogens is 299 g/mol. The third-order valence-corrected chi connectivity index (χ3v) is 4.81. The number of nitrogens with one attached hydrogen (secondary N) is 2. The van der Waals surface area contributed by atoms with Gasteiger partial charge < -0.3 is 20.1 Å². The van der Waals surface area contributed by atoms with Crippen molar-refractivity contribution in [2.75, 3.05) is 13.2 Å². The van der Waals surface area contributed by atoms with Crippen LogP contribution in [0.25, 0.3) is 0 Å². The van der Waals surface area contributed by atoms with Crippen molar-refractivity contribution in [3.8, 4) is 5.75 Å². The van der Waals surface area contributed by atoms with Crippen molar-refractivity contribution in [2.24, 2.45) is 0 Å². The molecule has 0 bridgehead atoms. The number of amides is 1. The van der Waals surface area contributed by atoms with Crippen LogP contribution in [0.5, 0.6) is 5.75 Å². The number of ether oxygens (including phenoxy) is 2. The summed E-state index contributed by atoms with van der Waals surface area (Å²) in [6, 6.07) is 5.38. The first-order valence-electron chi connectivity index (χ1n) is 7.33. The summed E-state index contributed by atoms with van der Waals surface area (Å²) in [6.45, 7) is 1.20. The third-order valence-electron chi connectivity index (χ3n) is 4.60. The molecule has 3 heterocycles. The Morgan fingerprint density at radius 3 is 2.91 bits per heavy atom. The SMILES string of the molecule is [B]c1ccc2c(c1)C1(CC3(CCCOC3)O2)NC(=S)NC1=O. The fourth-order valence-electron chi connectivity index (χ4n) is 3.67. The van der Waals surface area contributed by atoms with E-state index in [0.717, 1.165) is 25.0 Å². The summed E-state index contributed by atoms with van der Waals surface area (Å²) in [5, 5.41) is 6.20. The summed E-state index contributed by atoms with van der Waals surface area (Å²) in [4.78, 5) is 12.7. The van der Waals surface area contributed by atoms with E-state index in [1.165, 1.54) is 0 Å². The highest BCUT2D eigenvalue weighted by molar-refractivity contribution is 7.80. The molecule has 1 aromatic carbocycles. The quantitative estimate of drug-likeness (QED) is 0.522.